The summed E-state index contributed by atoms with van der Waals surface area (Å²) in [5, 5.41) is 12.9. The summed E-state index contributed by atoms with van der Waals surface area (Å²) in [5.41, 5.74) is 8.65. The van der Waals surface area contributed by atoms with Crippen LogP contribution in [0.2, 0.25) is 0 Å². The molecule has 0 aliphatic rings. The van der Waals surface area contributed by atoms with Crippen molar-refractivity contribution in [2.24, 2.45) is 5.92 Å². The van der Waals surface area contributed by atoms with E-state index in [4.69, 9.17) is 5.73 Å². The first-order valence-corrected chi connectivity index (χ1v) is 5.77. The van der Waals surface area contributed by atoms with Crippen LogP contribution in [0, 0.1) is 12.8 Å². The molecule has 3 nitrogen and oxygen atoms in total. The molecule has 1 aromatic carbocycles. The lowest BCUT2D eigenvalue weighted by Gasteiger charge is -2.16. The number of nitrogens with two attached hydrogens (primary N) is 1. The summed E-state index contributed by atoms with van der Waals surface area (Å²) in [4.78, 5) is 0. The van der Waals surface area contributed by atoms with Crippen LogP contribution in [0.5, 0.6) is 0 Å². The molecule has 0 spiro atoms. The van der Waals surface area contributed by atoms with E-state index in [1.54, 1.807) is 0 Å². The van der Waals surface area contributed by atoms with Crippen molar-refractivity contribution in [1.29, 1.82) is 0 Å². The number of nitrogens with one attached hydrogen (secondary N) is 1. The molecule has 1 unspecified atom stereocenters. The summed E-state index contributed by atoms with van der Waals surface area (Å²) in [7, 11) is 0. The third-order valence-corrected chi connectivity index (χ3v) is 2.60. The Morgan fingerprint density at radius 1 is 1.38 bits per heavy atom. The third-order valence-electron chi connectivity index (χ3n) is 2.60. The van der Waals surface area contributed by atoms with Crippen LogP contribution in [0.3, 0.4) is 0 Å². The number of aliphatic hydroxyl groups is 1. The van der Waals surface area contributed by atoms with Crippen LogP contribution < -0.4 is 11.1 Å². The quantitative estimate of drug-likeness (QED) is 0.670. The molecule has 0 aliphatic carbocycles. The monoisotopic (exact) mass is 222 g/mol. The van der Waals surface area contributed by atoms with Crippen molar-refractivity contribution in [3.05, 3.63) is 23.8 Å². The second-order valence-electron chi connectivity index (χ2n) is 4.70. The van der Waals surface area contributed by atoms with E-state index in [-0.39, 0.29) is 6.10 Å². The predicted octanol–water partition coefficient (Wildman–Crippen LogP) is 2.40. The van der Waals surface area contributed by atoms with E-state index >= 15 is 0 Å². The van der Waals surface area contributed by atoms with Gasteiger partial charge < -0.3 is 16.2 Å². The summed E-state index contributed by atoms with van der Waals surface area (Å²) < 4.78 is 0. The van der Waals surface area contributed by atoms with Gasteiger partial charge in [0.05, 0.1) is 17.5 Å². The highest BCUT2D eigenvalue weighted by Gasteiger charge is 2.07. The van der Waals surface area contributed by atoms with E-state index in [0.717, 1.165) is 23.4 Å². The van der Waals surface area contributed by atoms with Crippen molar-refractivity contribution in [1.82, 2.24) is 0 Å². The molecule has 1 atom stereocenters. The molecule has 4 N–H and O–H groups in total. The highest BCUT2D eigenvalue weighted by atomic mass is 16.3. The maximum atomic E-state index is 9.74. The van der Waals surface area contributed by atoms with Gasteiger partial charge in [-0.1, -0.05) is 26.0 Å². The van der Waals surface area contributed by atoms with Crippen LogP contribution in [0.1, 0.15) is 25.8 Å². The summed E-state index contributed by atoms with van der Waals surface area (Å²) in [6.07, 6.45) is 0.485. The topological polar surface area (TPSA) is 58.3 Å². The predicted molar refractivity (Wildman–Crippen MR) is 69.5 cm³/mol. The van der Waals surface area contributed by atoms with E-state index in [2.05, 4.69) is 19.2 Å². The number of hydrogen-bond donors (Lipinski definition) is 3. The molecular weight excluding hydrogens is 200 g/mol. The highest BCUT2D eigenvalue weighted by molar-refractivity contribution is 5.69. The number of nitrogen functional groups attached to an aromatic ring is 1. The minimum atomic E-state index is -0.320. The summed E-state index contributed by atoms with van der Waals surface area (Å²) in [6.45, 7) is 6.73. The van der Waals surface area contributed by atoms with Gasteiger partial charge in [-0.2, -0.15) is 0 Å². The molecular formula is C13H22N2O. The average molecular weight is 222 g/mol. The Morgan fingerprint density at radius 2 is 2.06 bits per heavy atom. The molecule has 0 fully saturated rings. The SMILES string of the molecule is Cc1cccc(NCC(O)CC(C)C)c1N. The van der Waals surface area contributed by atoms with Crippen LogP contribution in [0.15, 0.2) is 18.2 Å². The Labute approximate surface area is 97.7 Å². The fourth-order valence-electron chi connectivity index (χ4n) is 1.69. The average Bonchev–Trinajstić information content (AvgIpc) is 2.19. The van der Waals surface area contributed by atoms with Gasteiger partial charge in [0.25, 0.3) is 0 Å². The molecule has 0 aromatic heterocycles. The molecule has 0 aliphatic heterocycles. The maximum Gasteiger partial charge on any atom is 0.0715 e. The number of para-hydroxylation sites is 1. The van der Waals surface area contributed by atoms with E-state index in [9.17, 15) is 5.11 Å². The van der Waals surface area contributed by atoms with Gasteiger partial charge in [0, 0.05) is 6.54 Å². The van der Waals surface area contributed by atoms with Crippen LogP contribution in [-0.2, 0) is 0 Å². The second kappa shape index (κ2) is 5.75. The molecule has 0 bridgehead atoms. The molecule has 90 valence electrons. The molecule has 0 saturated carbocycles. The van der Waals surface area contributed by atoms with E-state index < -0.39 is 0 Å². The Balaban J connectivity index is 2.51. The second-order valence-corrected chi connectivity index (χ2v) is 4.70. The lowest BCUT2D eigenvalue weighted by atomic mass is 10.1. The van der Waals surface area contributed by atoms with Gasteiger partial charge >= 0.3 is 0 Å². The third kappa shape index (κ3) is 3.74. The molecule has 0 heterocycles. The van der Waals surface area contributed by atoms with Crippen LogP contribution in [-0.4, -0.2) is 17.8 Å². The van der Waals surface area contributed by atoms with Crippen LogP contribution >= 0.6 is 0 Å². The van der Waals surface area contributed by atoms with Crippen molar-refractivity contribution >= 4 is 11.4 Å². The lowest BCUT2D eigenvalue weighted by Crippen LogP contribution is -2.21. The van der Waals surface area contributed by atoms with Gasteiger partial charge in [-0.05, 0) is 30.9 Å². The van der Waals surface area contributed by atoms with Crippen molar-refractivity contribution in [2.45, 2.75) is 33.3 Å². The fraction of sp³-hybridized carbons (Fsp3) is 0.538. The van der Waals surface area contributed by atoms with Crippen molar-refractivity contribution in [3.8, 4) is 0 Å². The summed E-state index contributed by atoms with van der Waals surface area (Å²) >= 11 is 0. The van der Waals surface area contributed by atoms with Crippen LogP contribution in [0.25, 0.3) is 0 Å². The smallest absolute Gasteiger partial charge is 0.0715 e. The lowest BCUT2D eigenvalue weighted by molar-refractivity contribution is 0.161. The Hall–Kier alpha value is -1.22. The van der Waals surface area contributed by atoms with Gasteiger partial charge in [0.2, 0.25) is 0 Å². The molecule has 1 aromatic rings. The summed E-state index contributed by atoms with van der Waals surface area (Å²) in [6, 6.07) is 5.87. The molecule has 0 radical (unpaired) electrons. The highest BCUT2D eigenvalue weighted by Crippen LogP contribution is 2.21. The zero-order valence-corrected chi connectivity index (χ0v) is 10.3. The number of aliphatic hydroxyl groups excluding tert-OH is 1. The Kier molecular flexibility index (Phi) is 4.62. The first-order valence-electron chi connectivity index (χ1n) is 5.77. The van der Waals surface area contributed by atoms with Crippen LogP contribution in [0.4, 0.5) is 11.4 Å². The van der Waals surface area contributed by atoms with Crippen molar-refractivity contribution < 1.29 is 5.11 Å². The number of benzene rings is 1. The largest absolute Gasteiger partial charge is 0.397 e. The first-order chi connectivity index (χ1) is 7.50. The fourth-order valence-corrected chi connectivity index (χ4v) is 1.69. The maximum absolute atomic E-state index is 9.74. The van der Waals surface area contributed by atoms with E-state index in [1.165, 1.54) is 0 Å². The first kappa shape index (κ1) is 12.8. The molecule has 3 heteroatoms. The zero-order valence-electron chi connectivity index (χ0n) is 10.3. The van der Waals surface area contributed by atoms with Crippen molar-refractivity contribution in [3.63, 3.8) is 0 Å². The van der Waals surface area contributed by atoms with Gasteiger partial charge in [-0.3, -0.25) is 0 Å². The van der Waals surface area contributed by atoms with Gasteiger partial charge in [0.15, 0.2) is 0 Å². The van der Waals surface area contributed by atoms with Gasteiger partial charge in [-0.25, -0.2) is 0 Å². The minimum Gasteiger partial charge on any atom is -0.397 e. The van der Waals surface area contributed by atoms with Gasteiger partial charge in [-0.15, -0.1) is 0 Å². The van der Waals surface area contributed by atoms with Crippen molar-refractivity contribution in [2.75, 3.05) is 17.6 Å². The molecule has 16 heavy (non-hydrogen) atoms. The molecule has 0 saturated heterocycles. The zero-order chi connectivity index (χ0) is 12.1. The normalized spacial score (nSPS) is 12.8. The number of anilines is 2. The van der Waals surface area contributed by atoms with E-state index in [0.29, 0.717) is 12.5 Å². The standard InChI is InChI=1S/C13H22N2O/c1-9(2)7-11(16)8-15-12-6-4-5-10(3)13(12)14/h4-6,9,11,15-16H,7-8,14H2,1-3H3. The molecule has 0 amide bonds. The summed E-state index contributed by atoms with van der Waals surface area (Å²) in [5.74, 6) is 0.506. The Morgan fingerprint density at radius 3 is 2.69 bits per heavy atom. The minimum absolute atomic E-state index is 0.320. The number of aryl methyl sites for hydroxylation is 1. The molecule has 1 rings (SSSR count). The number of hydrogen-bond acceptors (Lipinski definition) is 3. The Bertz CT molecular complexity index is 337. The van der Waals surface area contributed by atoms with E-state index in [1.807, 2.05) is 25.1 Å². The van der Waals surface area contributed by atoms with Gasteiger partial charge in [0.1, 0.15) is 0 Å². The number of rotatable bonds is 5.